The number of carbonyl (C=O) groups is 1. The molecule has 0 saturated carbocycles. The van der Waals surface area contributed by atoms with Crippen LogP contribution in [-0.2, 0) is 21.4 Å². The highest BCUT2D eigenvalue weighted by molar-refractivity contribution is 7.89. The number of anilines is 1. The fourth-order valence-corrected chi connectivity index (χ4v) is 4.62. The van der Waals surface area contributed by atoms with Crippen LogP contribution in [0.4, 0.5) is 5.69 Å². The summed E-state index contributed by atoms with van der Waals surface area (Å²) in [7, 11) is -2.46. The van der Waals surface area contributed by atoms with Gasteiger partial charge in [0.05, 0.1) is 19.3 Å². The topological polar surface area (TPSA) is 93.0 Å². The number of fused-ring (bicyclic) bond motifs is 1. The largest absolute Gasteiger partial charge is 0.495 e. The van der Waals surface area contributed by atoms with Crippen LogP contribution >= 0.6 is 0 Å². The summed E-state index contributed by atoms with van der Waals surface area (Å²) in [4.78, 5) is 18.1. The van der Waals surface area contributed by atoms with E-state index in [0.29, 0.717) is 24.3 Å². The number of hydrogen-bond acceptors (Lipinski definition) is 5. The molecule has 1 aliphatic heterocycles. The van der Waals surface area contributed by atoms with Crippen molar-refractivity contribution in [3.63, 3.8) is 0 Å². The number of imidazole rings is 1. The monoisotopic (exact) mass is 414 g/mol. The summed E-state index contributed by atoms with van der Waals surface area (Å²) in [5.41, 5.74) is 2.99. The van der Waals surface area contributed by atoms with Crippen molar-refractivity contribution in [1.29, 1.82) is 0 Å². The molecule has 1 fully saturated rings. The maximum Gasteiger partial charge on any atom is 0.244 e. The van der Waals surface area contributed by atoms with Gasteiger partial charge in [-0.1, -0.05) is 0 Å². The molecule has 1 N–H and O–H groups in total. The molecule has 3 heterocycles. The van der Waals surface area contributed by atoms with Crippen LogP contribution in [-0.4, -0.2) is 37.4 Å². The molecule has 0 atom stereocenters. The first kappa shape index (κ1) is 19.4. The first-order chi connectivity index (χ1) is 13.9. The Morgan fingerprint density at radius 1 is 1.24 bits per heavy atom. The van der Waals surface area contributed by atoms with E-state index in [1.807, 2.05) is 29.7 Å². The standard InChI is InChI=1S/C20H22N4O4S/c1-14-7-9-23-13-15(22-19(23)10-14)12-21-29(26,27)18-11-16(5-6-17(18)28-2)24-8-3-4-20(24)25/h5-7,9-11,13,21H,3-4,8,12H2,1-2H3. The lowest BCUT2D eigenvalue weighted by Gasteiger charge is -2.18. The second kappa shape index (κ2) is 7.49. The number of amides is 1. The van der Waals surface area contributed by atoms with Gasteiger partial charge in [0.2, 0.25) is 15.9 Å². The van der Waals surface area contributed by atoms with E-state index in [4.69, 9.17) is 4.74 Å². The first-order valence-corrected chi connectivity index (χ1v) is 10.8. The minimum absolute atomic E-state index is 0.00295. The highest BCUT2D eigenvalue weighted by Crippen LogP contribution is 2.31. The van der Waals surface area contributed by atoms with Crippen molar-refractivity contribution in [2.75, 3.05) is 18.6 Å². The van der Waals surface area contributed by atoms with E-state index in [1.165, 1.54) is 13.2 Å². The Kier molecular flexibility index (Phi) is 5.01. The number of aryl methyl sites for hydroxylation is 1. The van der Waals surface area contributed by atoms with Gasteiger partial charge in [-0.3, -0.25) is 4.79 Å². The van der Waals surface area contributed by atoms with E-state index >= 15 is 0 Å². The smallest absolute Gasteiger partial charge is 0.244 e. The summed E-state index contributed by atoms with van der Waals surface area (Å²) in [5.74, 6) is 0.213. The van der Waals surface area contributed by atoms with Gasteiger partial charge in [-0.05, 0) is 49.2 Å². The molecule has 8 nitrogen and oxygen atoms in total. The molecule has 0 aliphatic carbocycles. The third-order valence-electron chi connectivity index (χ3n) is 4.93. The molecular formula is C20H22N4O4S. The molecule has 29 heavy (non-hydrogen) atoms. The van der Waals surface area contributed by atoms with Crippen LogP contribution in [0.25, 0.3) is 5.65 Å². The summed E-state index contributed by atoms with van der Waals surface area (Å²) >= 11 is 0. The number of benzene rings is 1. The Bertz CT molecular complexity index is 1190. The van der Waals surface area contributed by atoms with Gasteiger partial charge in [0.1, 0.15) is 16.3 Å². The van der Waals surface area contributed by atoms with Crippen molar-refractivity contribution >= 4 is 27.3 Å². The maximum atomic E-state index is 13.0. The Morgan fingerprint density at radius 3 is 2.79 bits per heavy atom. The lowest BCUT2D eigenvalue weighted by Crippen LogP contribution is -2.26. The SMILES string of the molecule is COc1ccc(N2CCCC2=O)cc1S(=O)(=O)NCc1cn2ccc(C)cc2n1. The maximum absolute atomic E-state index is 13.0. The number of ether oxygens (including phenoxy) is 1. The quantitative estimate of drug-likeness (QED) is 0.668. The highest BCUT2D eigenvalue weighted by Gasteiger charge is 2.26. The number of sulfonamides is 1. The van der Waals surface area contributed by atoms with E-state index in [-0.39, 0.29) is 23.1 Å². The highest BCUT2D eigenvalue weighted by atomic mass is 32.2. The summed E-state index contributed by atoms with van der Waals surface area (Å²) in [6, 6.07) is 8.64. The van der Waals surface area contributed by atoms with Gasteiger partial charge < -0.3 is 14.0 Å². The summed E-state index contributed by atoms with van der Waals surface area (Å²) in [6.45, 7) is 2.60. The molecule has 0 spiro atoms. The van der Waals surface area contributed by atoms with E-state index in [0.717, 1.165) is 17.6 Å². The fraction of sp³-hybridized carbons (Fsp3) is 0.300. The molecule has 2 aromatic heterocycles. The Balaban J connectivity index is 1.60. The lowest BCUT2D eigenvalue weighted by atomic mass is 10.3. The number of aromatic nitrogens is 2. The molecule has 0 radical (unpaired) electrons. The lowest BCUT2D eigenvalue weighted by molar-refractivity contribution is -0.117. The number of carbonyl (C=O) groups excluding carboxylic acids is 1. The van der Waals surface area contributed by atoms with Gasteiger partial charge in [-0.15, -0.1) is 0 Å². The van der Waals surface area contributed by atoms with Crippen LogP contribution in [0.5, 0.6) is 5.75 Å². The number of nitrogens with zero attached hydrogens (tertiary/aromatic N) is 3. The van der Waals surface area contributed by atoms with Gasteiger partial charge in [-0.2, -0.15) is 0 Å². The zero-order valence-corrected chi connectivity index (χ0v) is 17.1. The summed E-state index contributed by atoms with van der Waals surface area (Å²) in [5, 5.41) is 0. The minimum atomic E-state index is -3.88. The second-order valence-corrected chi connectivity index (χ2v) is 8.75. The Morgan fingerprint density at radius 2 is 2.07 bits per heavy atom. The number of nitrogens with one attached hydrogen (secondary N) is 1. The van der Waals surface area contributed by atoms with Crippen molar-refractivity contribution in [2.45, 2.75) is 31.2 Å². The van der Waals surface area contributed by atoms with Gasteiger partial charge >= 0.3 is 0 Å². The third-order valence-corrected chi connectivity index (χ3v) is 6.35. The zero-order chi connectivity index (χ0) is 20.6. The number of rotatable bonds is 6. The molecule has 1 amide bonds. The van der Waals surface area contributed by atoms with Crippen LogP contribution in [0.1, 0.15) is 24.1 Å². The number of pyridine rings is 1. The fourth-order valence-electron chi connectivity index (χ4n) is 3.43. The molecule has 1 aromatic carbocycles. The van der Waals surface area contributed by atoms with Gasteiger partial charge in [0.25, 0.3) is 0 Å². The Hall–Kier alpha value is -2.91. The second-order valence-electron chi connectivity index (χ2n) is 7.01. The molecule has 4 rings (SSSR count). The number of hydrogen-bond donors (Lipinski definition) is 1. The molecule has 0 bridgehead atoms. The normalized spacial score (nSPS) is 14.7. The van der Waals surface area contributed by atoms with E-state index in [9.17, 15) is 13.2 Å². The third kappa shape index (κ3) is 3.83. The number of methoxy groups -OCH3 is 1. The molecule has 9 heteroatoms. The minimum Gasteiger partial charge on any atom is -0.495 e. The van der Waals surface area contributed by atoms with Crippen molar-refractivity contribution in [3.8, 4) is 5.75 Å². The predicted molar refractivity (Wildman–Crippen MR) is 109 cm³/mol. The van der Waals surface area contributed by atoms with E-state index < -0.39 is 10.0 Å². The molecular weight excluding hydrogens is 392 g/mol. The van der Waals surface area contributed by atoms with Gasteiger partial charge in [0, 0.05) is 31.0 Å². The van der Waals surface area contributed by atoms with Gasteiger partial charge in [0.15, 0.2) is 0 Å². The summed E-state index contributed by atoms with van der Waals surface area (Å²) < 4.78 is 35.6. The van der Waals surface area contributed by atoms with E-state index in [2.05, 4.69) is 9.71 Å². The molecule has 0 unspecified atom stereocenters. The van der Waals surface area contributed by atoms with Crippen LogP contribution in [0.3, 0.4) is 0 Å². The average molecular weight is 414 g/mol. The van der Waals surface area contributed by atoms with Crippen LogP contribution in [0, 0.1) is 6.92 Å². The van der Waals surface area contributed by atoms with Gasteiger partial charge in [-0.25, -0.2) is 18.1 Å². The zero-order valence-electron chi connectivity index (χ0n) is 16.3. The molecule has 3 aromatic rings. The van der Waals surface area contributed by atoms with Crippen molar-refractivity contribution in [1.82, 2.24) is 14.1 Å². The Labute approximate surface area is 169 Å². The van der Waals surface area contributed by atoms with E-state index in [1.54, 1.807) is 23.2 Å². The summed E-state index contributed by atoms with van der Waals surface area (Å²) in [6.07, 6.45) is 4.90. The molecule has 152 valence electrons. The van der Waals surface area contributed by atoms with Crippen LogP contribution in [0.2, 0.25) is 0 Å². The van der Waals surface area contributed by atoms with Crippen molar-refractivity contribution in [2.24, 2.45) is 0 Å². The van der Waals surface area contributed by atoms with Crippen molar-refractivity contribution in [3.05, 3.63) is 54.0 Å². The van der Waals surface area contributed by atoms with Crippen LogP contribution < -0.4 is 14.4 Å². The molecule has 1 aliphatic rings. The van der Waals surface area contributed by atoms with Crippen molar-refractivity contribution < 1.29 is 17.9 Å². The predicted octanol–water partition coefficient (Wildman–Crippen LogP) is 2.26. The average Bonchev–Trinajstić information content (AvgIpc) is 3.31. The first-order valence-electron chi connectivity index (χ1n) is 9.30. The molecule has 1 saturated heterocycles. The van der Waals surface area contributed by atoms with Crippen LogP contribution in [0.15, 0.2) is 47.6 Å².